The van der Waals surface area contributed by atoms with Gasteiger partial charge in [0.05, 0.1) is 18.8 Å². The third-order valence-corrected chi connectivity index (χ3v) is 5.05. The molecule has 2 aliphatic heterocycles. The largest absolute Gasteiger partial charge is 0.504 e. The van der Waals surface area contributed by atoms with E-state index in [9.17, 15) is 10.2 Å². The van der Waals surface area contributed by atoms with Gasteiger partial charge in [0.1, 0.15) is 0 Å². The summed E-state index contributed by atoms with van der Waals surface area (Å²) >= 11 is 0. The van der Waals surface area contributed by atoms with E-state index in [0.717, 1.165) is 30.6 Å². The summed E-state index contributed by atoms with van der Waals surface area (Å²) in [6, 6.07) is 3.77. The first kappa shape index (κ1) is 12.9. The van der Waals surface area contributed by atoms with Gasteiger partial charge in [-0.15, -0.1) is 0 Å². The third-order valence-electron chi connectivity index (χ3n) is 5.05. The van der Waals surface area contributed by atoms with Crippen molar-refractivity contribution in [2.24, 2.45) is 0 Å². The monoisotopic (exact) mass is 285 g/mol. The maximum absolute atomic E-state index is 10.2. The van der Waals surface area contributed by atoms with Crippen LogP contribution >= 0.6 is 0 Å². The molecule has 1 aromatic rings. The third kappa shape index (κ3) is 1.63. The van der Waals surface area contributed by atoms with Gasteiger partial charge in [-0.1, -0.05) is 18.2 Å². The fraction of sp³-hybridized carbons (Fsp3) is 0.412. The zero-order valence-corrected chi connectivity index (χ0v) is 12.0. The molecule has 4 rings (SSSR count). The molecule has 0 fully saturated rings. The maximum atomic E-state index is 10.2. The van der Waals surface area contributed by atoms with Crippen LogP contribution in [0.4, 0.5) is 0 Å². The number of benzene rings is 1. The molecular formula is C17H19NO3. The van der Waals surface area contributed by atoms with Crippen molar-refractivity contribution in [2.45, 2.75) is 24.5 Å². The number of hydrogen-bond acceptors (Lipinski definition) is 4. The summed E-state index contributed by atoms with van der Waals surface area (Å²) in [6.45, 7) is 1.86. The van der Waals surface area contributed by atoms with E-state index in [2.05, 4.69) is 11.0 Å². The van der Waals surface area contributed by atoms with E-state index >= 15 is 0 Å². The molecule has 1 spiro atoms. The van der Waals surface area contributed by atoms with E-state index in [-0.39, 0.29) is 11.3 Å². The summed E-state index contributed by atoms with van der Waals surface area (Å²) in [5.41, 5.74) is 3.31. The molecule has 2 atom stereocenters. The lowest BCUT2D eigenvalue weighted by atomic mass is 9.71. The quantitative estimate of drug-likeness (QED) is 0.825. The van der Waals surface area contributed by atoms with E-state index < -0.39 is 6.10 Å². The van der Waals surface area contributed by atoms with Crippen LogP contribution in [-0.4, -0.2) is 41.4 Å². The number of phenols is 1. The molecule has 2 N–H and O–H groups in total. The Labute approximate surface area is 124 Å². The second-order valence-corrected chi connectivity index (χ2v) is 6.03. The van der Waals surface area contributed by atoms with Crippen LogP contribution in [0.1, 0.15) is 17.5 Å². The molecular weight excluding hydrogens is 266 g/mol. The molecule has 0 radical (unpaired) electrons. The van der Waals surface area contributed by atoms with Crippen LogP contribution in [0.15, 0.2) is 35.9 Å². The van der Waals surface area contributed by atoms with Crippen molar-refractivity contribution in [3.05, 3.63) is 47.1 Å². The van der Waals surface area contributed by atoms with Gasteiger partial charge < -0.3 is 14.9 Å². The first-order valence-electron chi connectivity index (χ1n) is 7.37. The van der Waals surface area contributed by atoms with Crippen molar-refractivity contribution in [3.8, 4) is 11.5 Å². The van der Waals surface area contributed by atoms with Gasteiger partial charge in [0.15, 0.2) is 11.5 Å². The predicted octanol–water partition coefficient (Wildman–Crippen LogP) is 1.71. The predicted molar refractivity (Wildman–Crippen MR) is 79.5 cm³/mol. The van der Waals surface area contributed by atoms with Crippen LogP contribution in [0, 0.1) is 0 Å². The number of fused-ring (bicyclic) bond motifs is 1. The molecule has 0 saturated heterocycles. The summed E-state index contributed by atoms with van der Waals surface area (Å²) in [6.07, 6.45) is 7.30. The zero-order valence-electron chi connectivity index (χ0n) is 12.0. The van der Waals surface area contributed by atoms with E-state index in [1.165, 1.54) is 5.57 Å². The standard InChI is InChI=1S/C17H19NO3/c1-21-16-9-14-11(8-15(16)20)4-6-18-7-5-12-2-3-13(19)10-17(12,14)18/h2-3,5,8-9,13,19-20H,4,6-7,10H2,1H3/t13-,17+/m0/s1. The molecule has 1 aliphatic carbocycles. The van der Waals surface area contributed by atoms with Gasteiger partial charge in [-0.3, -0.25) is 4.90 Å². The Morgan fingerprint density at radius 3 is 3.05 bits per heavy atom. The second-order valence-electron chi connectivity index (χ2n) is 6.03. The molecule has 4 nitrogen and oxygen atoms in total. The SMILES string of the molecule is COc1cc2c(cc1O)CCN1CC=C3C=C[C@H](O)C[C@@]321. The Hall–Kier alpha value is -1.78. The van der Waals surface area contributed by atoms with Gasteiger partial charge in [-0.05, 0) is 35.3 Å². The molecule has 1 aromatic carbocycles. The minimum absolute atomic E-state index is 0.191. The summed E-state index contributed by atoms with van der Waals surface area (Å²) in [7, 11) is 1.57. The summed E-state index contributed by atoms with van der Waals surface area (Å²) in [5, 5.41) is 20.2. The van der Waals surface area contributed by atoms with E-state index in [1.807, 2.05) is 24.3 Å². The molecule has 2 heterocycles. The van der Waals surface area contributed by atoms with Crippen LogP contribution < -0.4 is 4.74 Å². The highest BCUT2D eigenvalue weighted by Crippen LogP contribution is 2.51. The second kappa shape index (κ2) is 4.36. The highest BCUT2D eigenvalue weighted by molar-refractivity contribution is 5.57. The average Bonchev–Trinajstić information content (AvgIpc) is 2.85. The van der Waals surface area contributed by atoms with Gasteiger partial charge >= 0.3 is 0 Å². The molecule has 21 heavy (non-hydrogen) atoms. The smallest absolute Gasteiger partial charge is 0.160 e. The number of aliphatic hydroxyl groups excluding tert-OH is 1. The van der Waals surface area contributed by atoms with Crippen LogP contribution in [-0.2, 0) is 12.0 Å². The normalized spacial score (nSPS) is 30.4. The molecule has 0 amide bonds. The van der Waals surface area contributed by atoms with Gasteiger partial charge in [-0.2, -0.15) is 0 Å². The number of rotatable bonds is 1. The van der Waals surface area contributed by atoms with Crippen molar-refractivity contribution in [1.29, 1.82) is 0 Å². The van der Waals surface area contributed by atoms with Crippen molar-refractivity contribution < 1.29 is 14.9 Å². The number of nitrogens with zero attached hydrogens (tertiary/aromatic N) is 1. The topological polar surface area (TPSA) is 52.9 Å². The molecule has 0 unspecified atom stereocenters. The lowest BCUT2D eigenvalue weighted by Crippen LogP contribution is -2.51. The van der Waals surface area contributed by atoms with Crippen molar-refractivity contribution in [1.82, 2.24) is 4.90 Å². The Balaban J connectivity index is 1.95. The summed E-state index contributed by atoms with van der Waals surface area (Å²) in [5.74, 6) is 0.691. The number of ether oxygens (including phenoxy) is 1. The van der Waals surface area contributed by atoms with Crippen LogP contribution in [0.25, 0.3) is 0 Å². The molecule has 110 valence electrons. The highest BCUT2D eigenvalue weighted by atomic mass is 16.5. The Bertz CT molecular complexity index is 664. The number of aliphatic hydroxyl groups is 1. The maximum Gasteiger partial charge on any atom is 0.160 e. The van der Waals surface area contributed by atoms with Gasteiger partial charge in [0.2, 0.25) is 0 Å². The van der Waals surface area contributed by atoms with Crippen molar-refractivity contribution in [2.75, 3.05) is 20.2 Å². The summed E-state index contributed by atoms with van der Waals surface area (Å²) in [4.78, 5) is 2.42. The average molecular weight is 285 g/mol. The molecule has 4 heteroatoms. The van der Waals surface area contributed by atoms with Crippen molar-refractivity contribution >= 4 is 0 Å². The molecule has 3 aliphatic rings. The Morgan fingerprint density at radius 2 is 2.24 bits per heavy atom. The Morgan fingerprint density at radius 1 is 1.38 bits per heavy atom. The minimum atomic E-state index is -0.437. The lowest BCUT2D eigenvalue weighted by molar-refractivity contribution is 0.0769. The first-order chi connectivity index (χ1) is 10.1. The minimum Gasteiger partial charge on any atom is -0.504 e. The van der Waals surface area contributed by atoms with E-state index in [1.54, 1.807) is 7.11 Å². The van der Waals surface area contributed by atoms with E-state index in [4.69, 9.17) is 4.74 Å². The summed E-state index contributed by atoms with van der Waals surface area (Å²) < 4.78 is 5.29. The molecule has 0 saturated carbocycles. The number of methoxy groups -OCH3 is 1. The van der Waals surface area contributed by atoms with Crippen molar-refractivity contribution in [3.63, 3.8) is 0 Å². The number of phenolic OH excluding ortho intramolecular Hbond substituents is 1. The van der Waals surface area contributed by atoms with E-state index in [0.29, 0.717) is 12.2 Å². The van der Waals surface area contributed by atoms with Gasteiger partial charge in [0.25, 0.3) is 0 Å². The van der Waals surface area contributed by atoms with Crippen LogP contribution in [0.3, 0.4) is 0 Å². The zero-order chi connectivity index (χ0) is 14.6. The first-order valence-corrected chi connectivity index (χ1v) is 7.37. The fourth-order valence-electron chi connectivity index (χ4n) is 4.09. The van der Waals surface area contributed by atoms with Crippen LogP contribution in [0.5, 0.6) is 11.5 Å². The lowest BCUT2D eigenvalue weighted by Gasteiger charge is -2.47. The number of hydrogen-bond donors (Lipinski definition) is 2. The molecule has 0 aromatic heterocycles. The molecule has 0 bridgehead atoms. The van der Waals surface area contributed by atoms with Gasteiger partial charge in [-0.25, -0.2) is 0 Å². The fourth-order valence-corrected chi connectivity index (χ4v) is 4.09. The van der Waals surface area contributed by atoms with Gasteiger partial charge in [0, 0.05) is 19.5 Å². The Kier molecular flexibility index (Phi) is 2.68. The highest BCUT2D eigenvalue weighted by Gasteiger charge is 2.49. The van der Waals surface area contributed by atoms with Crippen LogP contribution in [0.2, 0.25) is 0 Å². The number of aromatic hydroxyl groups is 1.